The fourth-order valence-electron chi connectivity index (χ4n) is 0.150. The maximum Gasteiger partial charge on any atom is 1.00 e. The first-order valence-electron chi connectivity index (χ1n) is 2.33. The van der Waals surface area contributed by atoms with E-state index in [1.807, 2.05) is 0 Å². The van der Waals surface area contributed by atoms with Gasteiger partial charge in [0, 0.05) is 0 Å². The minimum atomic E-state index is -5.60. The normalized spacial score (nSPS) is 11.1. The van der Waals surface area contributed by atoms with Gasteiger partial charge in [0.05, 0.1) is 5.02 Å². The van der Waals surface area contributed by atoms with E-state index in [1.54, 1.807) is 0 Å². The summed E-state index contributed by atoms with van der Waals surface area (Å²) in [4.78, 5) is 40.3. The van der Waals surface area contributed by atoms with Gasteiger partial charge in [0.15, 0.2) is 0 Å². The molecule has 0 aliphatic rings. The number of rotatable bonds is 2. The summed E-state index contributed by atoms with van der Waals surface area (Å²) < 4.78 is 20.1. The van der Waals surface area contributed by atoms with Crippen molar-refractivity contribution in [3.8, 4) is 0 Å². The first kappa shape index (κ1) is 31.6. The standard InChI is InChI=1S/C2H9NO6P2.4Na/c1-2(3,10(4,5)6)11(7,8)9;;;;/h3H2,1H3,(H2,4,5,6)(H2,7,8,9);;;;/q;4*+1/p-4. The van der Waals surface area contributed by atoms with Crippen molar-refractivity contribution in [3.05, 3.63) is 0 Å². The van der Waals surface area contributed by atoms with Crippen molar-refractivity contribution in [2.24, 2.45) is 5.73 Å². The minimum Gasteiger partial charge on any atom is -0.809 e. The van der Waals surface area contributed by atoms with Gasteiger partial charge in [0.1, 0.15) is 0 Å². The van der Waals surface area contributed by atoms with Crippen LogP contribution in [0.1, 0.15) is 6.92 Å². The molecule has 0 aromatic rings. The van der Waals surface area contributed by atoms with Crippen LogP contribution in [0.2, 0.25) is 0 Å². The smallest absolute Gasteiger partial charge is 0.809 e. The molecule has 7 nitrogen and oxygen atoms in total. The minimum absolute atomic E-state index is 0. The zero-order valence-corrected chi connectivity index (χ0v) is 19.2. The van der Waals surface area contributed by atoms with Crippen LogP contribution in [-0.4, -0.2) is 5.02 Å². The second-order valence-electron chi connectivity index (χ2n) is 2.09. The van der Waals surface area contributed by atoms with E-state index in [-0.39, 0.29) is 118 Å². The third kappa shape index (κ3) is 9.74. The SMILES string of the molecule is CC(N)(P(=O)([O-])[O-])P(=O)([O-])[O-].[Na+].[Na+].[Na+].[Na+]. The van der Waals surface area contributed by atoms with E-state index >= 15 is 0 Å². The Morgan fingerprint density at radius 1 is 0.867 bits per heavy atom. The molecule has 0 heterocycles. The Labute approximate surface area is 176 Å². The maximum absolute atomic E-state index is 10.1. The topological polar surface area (TPSA) is 152 Å². The molecule has 15 heavy (non-hydrogen) atoms. The van der Waals surface area contributed by atoms with Crippen molar-refractivity contribution in [1.82, 2.24) is 0 Å². The molecule has 0 rings (SSSR count). The van der Waals surface area contributed by atoms with E-state index in [0.717, 1.165) is 0 Å². The molecule has 0 spiro atoms. The van der Waals surface area contributed by atoms with E-state index in [1.165, 1.54) is 0 Å². The number of nitrogens with two attached hydrogens (primary N) is 1. The fraction of sp³-hybridized carbons (Fsp3) is 1.00. The van der Waals surface area contributed by atoms with Crippen LogP contribution in [0.5, 0.6) is 0 Å². The van der Waals surface area contributed by atoms with E-state index < -0.39 is 20.2 Å². The van der Waals surface area contributed by atoms with Gasteiger partial charge in [-0.2, -0.15) is 0 Å². The average Bonchev–Trinajstić information content (AvgIpc) is 1.58. The monoisotopic (exact) mass is 293 g/mol. The Morgan fingerprint density at radius 2 is 1.00 bits per heavy atom. The molecule has 0 radical (unpaired) electrons. The summed E-state index contributed by atoms with van der Waals surface area (Å²) in [6, 6.07) is 0. The number of hydrogen-bond donors (Lipinski definition) is 1. The van der Waals surface area contributed by atoms with Crippen LogP contribution in [0.25, 0.3) is 0 Å². The molecular weight excluding hydrogens is 288 g/mol. The van der Waals surface area contributed by atoms with Crippen LogP contribution < -0.4 is 144 Å². The van der Waals surface area contributed by atoms with Gasteiger partial charge in [-0.05, 0) is 22.1 Å². The Kier molecular flexibility index (Phi) is 23.1. The molecule has 13 heteroatoms. The van der Waals surface area contributed by atoms with Gasteiger partial charge in [0.25, 0.3) is 0 Å². The average molecular weight is 293 g/mol. The van der Waals surface area contributed by atoms with E-state index in [4.69, 9.17) is 0 Å². The summed E-state index contributed by atoms with van der Waals surface area (Å²) in [7, 11) is -11.2. The number of hydrogen-bond acceptors (Lipinski definition) is 7. The third-order valence-electron chi connectivity index (χ3n) is 1.11. The zero-order chi connectivity index (χ0) is 9.50. The summed E-state index contributed by atoms with van der Waals surface area (Å²) in [6.07, 6.45) is 0. The molecule has 2 N–H and O–H groups in total. The van der Waals surface area contributed by atoms with Crippen molar-refractivity contribution >= 4 is 15.2 Å². The summed E-state index contributed by atoms with van der Waals surface area (Å²) in [5.41, 5.74) is 4.49. The molecular formula is C2H5NNa4O6P2. The van der Waals surface area contributed by atoms with Crippen LogP contribution >= 0.6 is 15.2 Å². The Balaban J connectivity index is -0.0000000833. The molecule has 0 saturated carbocycles. The molecule has 68 valence electrons. The first-order chi connectivity index (χ1) is 4.50. The van der Waals surface area contributed by atoms with Crippen LogP contribution in [0.15, 0.2) is 0 Å². The fourth-order valence-corrected chi connectivity index (χ4v) is 1.35. The zero-order valence-electron chi connectivity index (χ0n) is 9.42. The molecule has 0 aromatic heterocycles. The maximum atomic E-state index is 10.1. The van der Waals surface area contributed by atoms with Crippen molar-refractivity contribution in [2.45, 2.75) is 11.9 Å². The van der Waals surface area contributed by atoms with E-state index in [0.29, 0.717) is 6.92 Å². The largest absolute Gasteiger partial charge is 1.00 e. The van der Waals surface area contributed by atoms with Gasteiger partial charge in [-0.1, -0.05) is 0 Å². The summed E-state index contributed by atoms with van der Waals surface area (Å²) in [5.74, 6) is 0. The van der Waals surface area contributed by atoms with Crippen molar-refractivity contribution in [3.63, 3.8) is 0 Å². The van der Waals surface area contributed by atoms with Crippen molar-refractivity contribution in [2.75, 3.05) is 0 Å². The quantitative estimate of drug-likeness (QED) is 0.391. The summed E-state index contributed by atoms with van der Waals surface area (Å²) >= 11 is 0. The van der Waals surface area contributed by atoms with E-state index in [9.17, 15) is 28.7 Å². The van der Waals surface area contributed by atoms with E-state index in [2.05, 4.69) is 5.73 Å². The van der Waals surface area contributed by atoms with Crippen LogP contribution in [0.4, 0.5) is 0 Å². The van der Waals surface area contributed by atoms with Crippen molar-refractivity contribution in [1.29, 1.82) is 0 Å². The second-order valence-corrected chi connectivity index (χ2v) is 6.29. The molecule has 0 saturated heterocycles. The predicted molar refractivity (Wildman–Crippen MR) is 27.8 cm³/mol. The van der Waals surface area contributed by atoms with Crippen LogP contribution in [-0.2, 0) is 9.13 Å². The van der Waals surface area contributed by atoms with Gasteiger partial charge in [-0.15, -0.1) is 0 Å². The molecule has 0 unspecified atom stereocenters. The summed E-state index contributed by atoms with van der Waals surface area (Å²) in [6.45, 7) is 0.356. The molecule has 0 atom stereocenters. The molecule has 0 aromatic carbocycles. The van der Waals surface area contributed by atoms with Gasteiger partial charge in [-0.3, -0.25) is 0 Å². The predicted octanol–water partition coefficient (Wildman–Crippen LogP) is -15.5. The van der Waals surface area contributed by atoms with Gasteiger partial charge < -0.3 is 34.4 Å². The van der Waals surface area contributed by atoms with Crippen LogP contribution in [0.3, 0.4) is 0 Å². The Morgan fingerprint density at radius 3 is 1.00 bits per heavy atom. The molecule has 0 bridgehead atoms. The third-order valence-corrected chi connectivity index (χ3v) is 4.80. The molecule has 0 fully saturated rings. The molecule has 0 amide bonds. The summed E-state index contributed by atoms with van der Waals surface area (Å²) in [5, 5.41) is -3.24. The molecule has 0 aliphatic carbocycles. The Hall–Kier alpha value is 4.26. The van der Waals surface area contributed by atoms with Gasteiger partial charge in [0.2, 0.25) is 0 Å². The van der Waals surface area contributed by atoms with Gasteiger partial charge in [-0.25, -0.2) is 0 Å². The van der Waals surface area contributed by atoms with Crippen molar-refractivity contribution < 1.29 is 147 Å². The van der Waals surface area contributed by atoms with Gasteiger partial charge >= 0.3 is 118 Å². The molecule has 0 aliphatic heterocycles. The van der Waals surface area contributed by atoms with Crippen LogP contribution in [0, 0.1) is 0 Å². The second kappa shape index (κ2) is 11.0. The Bertz CT molecular complexity index is 224. The first-order valence-corrected chi connectivity index (χ1v) is 5.42.